The number of anilines is 1. The van der Waals surface area contributed by atoms with Gasteiger partial charge in [0.2, 0.25) is 0 Å². The zero-order chi connectivity index (χ0) is 10.7. The summed E-state index contributed by atoms with van der Waals surface area (Å²) in [5, 5.41) is 17.1. The number of nitrogens with one attached hydrogen (secondary N) is 2. The molecule has 0 radical (unpaired) electrons. The van der Waals surface area contributed by atoms with E-state index in [2.05, 4.69) is 10.6 Å². The first-order chi connectivity index (χ1) is 7.27. The van der Waals surface area contributed by atoms with E-state index >= 15 is 0 Å². The molecule has 2 N–H and O–H groups in total. The van der Waals surface area contributed by atoms with Crippen LogP contribution in [-0.4, -0.2) is 17.6 Å². The zero-order valence-corrected chi connectivity index (χ0v) is 8.27. The minimum Gasteiger partial charge on any atom is -0.364 e. The maximum absolute atomic E-state index is 10.7. The Balaban J connectivity index is 2.15. The van der Waals surface area contributed by atoms with Crippen molar-refractivity contribution in [3.8, 4) is 0 Å². The second-order valence-corrected chi connectivity index (χ2v) is 3.57. The number of benzene rings is 1. The summed E-state index contributed by atoms with van der Waals surface area (Å²) in [6.07, 6.45) is 2.27. The molecule has 0 spiro atoms. The van der Waals surface area contributed by atoms with Gasteiger partial charge in [0, 0.05) is 6.07 Å². The van der Waals surface area contributed by atoms with Crippen LogP contribution < -0.4 is 10.6 Å². The van der Waals surface area contributed by atoms with Crippen LogP contribution in [0.2, 0.25) is 0 Å². The Morgan fingerprint density at radius 3 is 2.93 bits per heavy atom. The van der Waals surface area contributed by atoms with Gasteiger partial charge in [-0.25, -0.2) is 0 Å². The van der Waals surface area contributed by atoms with Crippen molar-refractivity contribution in [2.45, 2.75) is 19.0 Å². The summed E-state index contributed by atoms with van der Waals surface area (Å²) in [5.74, 6) is 0. The van der Waals surface area contributed by atoms with Gasteiger partial charge in [-0.2, -0.15) is 0 Å². The largest absolute Gasteiger partial charge is 0.364 e. The molecule has 1 unspecified atom stereocenters. The van der Waals surface area contributed by atoms with Crippen LogP contribution in [0.5, 0.6) is 0 Å². The zero-order valence-electron chi connectivity index (χ0n) is 8.27. The molecular formula is C10H13N3O2. The fraction of sp³-hybridized carbons (Fsp3) is 0.400. The lowest BCUT2D eigenvalue weighted by Gasteiger charge is -2.13. The van der Waals surface area contributed by atoms with E-state index < -0.39 is 0 Å². The van der Waals surface area contributed by atoms with Crippen molar-refractivity contribution < 1.29 is 4.92 Å². The average Bonchev–Trinajstić information content (AvgIpc) is 2.71. The summed E-state index contributed by atoms with van der Waals surface area (Å²) in [6.45, 7) is 0.971. The molecule has 5 nitrogen and oxygen atoms in total. The lowest BCUT2D eigenvalue weighted by Crippen LogP contribution is -2.29. The monoisotopic (exact) mass is 207 g/mol. The van der Waals surface area contributed by atoms with Crippen LogP contribution >= 0.6 is 0 Å². The first kappa shape index (κ1) is 9.92. The summed E-state index contributed by atoms with van der Waals surface area (Å²) >= 11 is 0. The highest BCUT2D eigenvalue weighted by molar-refractivity contribution is 5.61. The molecule has 15 heavy (non-hydrogen) atoms. The van der Waals surface area contributed by atoms with Crippen molar-refractivity contribution in [3.63, 3.8) is 0 Å². The van der Waals surface area contributed by atoms with Crippen LogP contribution in [0, 0.1) is 10.1 Å². The topological polar surface area (TPSA) is 67.2 Å². The number of nitrogens with zero attached hydrogens (tertiary/aromatic N) is 1. The van der Waals surface area contributed by atoms with Crippen LogP contribution in [0.3, 0.4) is 0 Å². The van der Waals surface area contributed by atoms with E-state index in [0.29, 0.717) is 5.69 Å². The highest BCUT2D eigenvalue weighted by atomic mass is 16.6. The number of para-hydroxylation sites is 2. The Hall–Kier alpha value is -1.62. The molecule has 1 aliphatic rings. The standard InChI is InChI=1S/C10H13N3O2/c14-13(15)9-5-2-1-4-8(9)12-10-6-3-7-11-10/h1-2,4-5,10-12H,3,6-7H2. The molecule has 1 aliphatic heterocycles. The van der Waals surface area contributed by atoms with E-state index in [1.807, 2.05) is 0 Å². The molecular weight excluding hydrogens is 194 g/mol. The van der Waals surface area contributed by atoms with E-state index in [4.69, 9.17) is 0 Å². The molecule has 0 amide bonds. The SMILES string of the molecule is O=[N+]([O-])c1ccccc1NC1CCCN1. The van der Waals surface area contributed by atoms with Gasteiger partial charge in [-0.3, -0.25) is 15.4 Å². The quantitative estimate of drug-likeness (QED) is 0.585. The van der Waals surface area contributed by atoms with Gasteiger partial charge in [-0.05, 0) is 25.5 Å². The Morgan fingerprint density at radius 2 is 2.27 bits per heavy atom. The maximum Gasteiger partial charge on any atom is 0.292 e. The number of nitro groups is 1. The number of rotatable bonds is 3. The predicted molar refractivity (Wildman–Crippen MR) is 57.7 cm³/mol. The van der Waals surface area contributed by atoms with Gasteiger partial charge in [0.15, 0.2) is 0 Å². The Labute approximate surface area is 87.6 Å². The van der Waals surface area contributed by atoms with Crippen molar-refractivity contribution >= 4 is 11.4 Å². The van der Waals surface area contributed by atoms with Crippen LogP contribution in [0.15, 0.2) is 24.3 Å². The van der Waals surface area contributed by atoms with Gasteiger partial charge in [-0.15, -0.1) is 0 Å². The minimum atomic E-state index is -0.364. The number of nitro benzene ring substituents is 1. The third-order valence-corrected chi connectivity index (χ3v) is 2.49. The first-order valence-electron chi connectivity index (χ1n) is 5.01. The van der Waals surface area contributed by atoms with Crippen molar-refractivity contribution in [1.29, 1.82) is 0 Å². The molecule has 0 aromatic heterocycles. The van der Waals surface area contributed by atoms with E-state index in [-0.39, 0.29) is 16.8 Å². The fourth-order valence-corrected chi connectivity index (χ4v) is 1.75. The van der Waals surface area contributed by atoms with Crippen molar-refractivity contribution in [2.75, 3.05) is 11.9 Å². The molecule has 0 bridgehead atoms. The van der Waals surface area contributed by atoms with E-state index in [1.54, 1.807) is 18.2 Å². The van der Waals surface area contributed by atoms with Crippen LogP contribution in [-0.2, 0) is 0 Å². The molecule has 0 saturated carbocycles. The highest BCUT2D eigenvalue weighted by Crippen LogP contribution is 2.24. The Kier molecular flexibility index (Phi) is 2.82. The molecule has 1 aromatic rings. The summed E-state index contributed by atoms with van der Waals surface area (Å²) in [6, 6.07) is 6.71. The second-order valence-electron chi connectivity index (χ2n) is 3.57. The van der Waals surface area contributed by atoms with Crippen LogP contribution in [0.1, 0.15) is 12.8 Å². The molecule has 80 valence electrons. The third-order valence-electron chi connectivity index (χ3n) is 2.49. The minimum absolute atomic E-state index is 0.131. The molecule has 1 saturated heterocycles. The lowest BCUT2D eigenvalue weighted by molar-refractivity contribution is -0.384. The van der Waals surface area contributed by atoms with Crippen molar-refractivity contribution in [1.82, 2.24) is 5.32 Å². The van der Waals surface area contributed by atoms with Gasteiger partial charge in [0.1, 0.15) is 5.69 Å². The van der Waals surface area contributed by atoms with Gasteiger partial charge in [-0.1, -0.05) is 12.1 Å². The first-order valence-corrected chi connectivity index (χ1v) is 5.01. The summed E-state index contributed by atoms with van der Waals surface area (Å²) < 4.78 is 0. The van der Waals surface area contributed by atoms with Gasteiger partial charge in [0.25, 0.3) is 5.69 Å². The maximum atomic E-state index is 10.7. The molecule has 0 aliphatic carbocycles. The highest BCUT2D eigenvalue weighted by Gasteiger charge is 2.18. The van der Waals surface area contributed by atoms with Crippen LogP contribution in [0.25, 0.3) is 0 Å². The van der Waals surface area contributed by atoms with Crippen LogP contribution in [0.4, 0.5) is 11.4 Å². The van der Waals surface area contributed by atoms with Crippen molar-refractivity contribution in [2.24, 2.45) is 0 Å². The molecule has 1 fully saturated rings. The number of hydrogen-bond donors (Lipinski definition) is 2. The predicted octanol–water partition coefficient (Wildman–Crippen LogP) is 1.72. The summed E-state index contributed by atoms with van der Waals surface area (Å²) in [4.78, 5) is 10.4. The van der Waals surface area contributed by atoms with E-state index in [1.165, 1.54) is 6.07 Å². The average molecular weight is 207 g/mol. The molecule has 2 rings (SSSR count). The van der Waals surface area contributed by atoms with Crippen molar-refractivity contribution in [3.05, 3.63) is 34.4 Å². The molecule has 1 aromatic carbocycles. The summed E-state index contributed by atoms with van der Waals surface area (Å²) in [5.41, 5.74) is 0.716. The normalized spacial score (nSPS) is 20.1. The van der Waals surface area contributed by atoms with Gasteiger partial charge in [0.05, 0.1) is 11.1 Å². The van der Waals surface area contributed by atoms with Gasteiger partial charge >= 0.3 is 0 Å². The Bertz CT molecular complexity index is 361. The lowest BCUT2D eigenvalue weighted by atomic mass is 10.2. The van der Waals surface area contributed by atoms with E-state index in [0.717, 1.165) is 19.4 Å². The molecule has 1 heterocycles. The molecule has 1 atom stereocenters. The smallest absolute Gasteiger partial charge is 0.292 e. The summed E-state index contributed by atoms with van der Waals surface area (Å²) in [7, 11) is 0. The third kappa shape index (κ3) is 2.24. The number of hydrogen-bond acceptors (Lipinski definition) is 4. The van der Waals surface area contributed by atoms with Gasteiger partial charge < -0.3 is 5.32 Å². The second kappa shape index (κ2) is 4.27. The molecule has 5 heteroatoms. The Morgan fingerprint density at radius 1 is 1.47 bits per heavy atom. The van der Waals surface area contributed by atoms with E-state index in [9.17, 15) is 10.1 Å². The fourth-order valence-electron chi connectivity index (χ4n) is 1.75.